The van der Waals surface area contributed by atoms with Crippen molar-refractivity contribution in [3.05, 3.63) is 52.3 Å². The second kappa shape index (κ2) is 6.08. The number of hydrogen-bond donors (Lipinski definition) is 1. The quantitative estimate of drug-likeness (QED) is 0.923. The molecule has 23 heavy (non-hydrogen) atoms. The molecule has 0 radical (unpaired) electrons. The van der Waals surface area contributed by atoms with Crippen LogP contribution in [-0.4, -0.2) is 20.1 Å². The zero-order valence-corrected chi connectivity index (χ0v) is 13.4. The Morgan fingerprint density at radius 3 is 2.57 bits per heavy atom. The number of halogens is 2. The van der Waals surface area contributed by atoms with Gasteiger partial charge >= 0.3 is 0 Å². The summed E-state index contributed by atoms with van der Waals surface area (Å²) in [6.45, 7) is 0. The monoisotopic (exact) mass is 335 g/mol. The molecule has 3 rings (SSSR count). The van der Waals surface area contributed by atoms with Gasteiger partial charge in [0.25, 0.3) is 0 Å². The number of fused-ring (bicyclic) bond motifs is 1. The lowest BCUT2D eigenvalue weighted by Gasteiger charge is -2.28. The summed E-state index contributed by atoms with van der Waals surface area (Å²) in [5.74, 6) is -0.106. The summed E-state index contributed by atoms with van der Waals surface area (Å²) >= 11 is 6.18. The normalized spacial score (nSPS) is 16.5. The molecule has 1 N–H and O–H groups in total. The van der Waals surface area contributed by atoms with Crippen LogP contribution in [-0.2, 0) is 4.79 Å². The number of nitrogens with one attached hydrogen (secondary N) is 1. The van der Waals surface area contributed by atoms with Crippen LogP contribution in [0, 0.1) is 5.82 Å². The summed E-state index contributed by atoms with van der Waals surface area (Å²) in [4.78, 5) is 12.0. The molecule has 0 spiro atoms. The predicted molar refractivity (Wildman–Crippen MR) is 86.0 cm³/mol. The summed E-state index contributed by atoms with van der Waals surface area (Å²) in [5.41, 5.74) is 1.63. The maximum atomic E-state index is 14.3. The van der Waals surface area contributed by atoms with Crippen molar-refractivity contribution in [1.29, 1.82) is 0 Å². The molecule has 2 aromatic carbocycles. The average Bonchev–Trinajstić information content (AvgIpc) is 2.53. The van der Waals surface area contributed by atoms with Crippen molar-refractivity contribution in [1.82, 2.24) is 0 Å². The smallest absolute Gasteiger partial charge is 0.225 e. The van der Waals surface area contributed by atoms with Crippen molar-refractivity contribution in [3.8, 4) is 11.5 Å². The Bertz CT molecular complexity index is 758. The maximum absolute atomic E-state index is 14.3. The number of anilines is 1. The first-order valence-corrected chi connectivity index (χ1v) is 7.42. The minimum absolute atomic E-state index is 0.114. The summed E-state index contributed by atoms with van der Waals surface area (Å²) < 4.78 is 24.9. The number of rotatable bonds is 3. The van der Waals surface area contributed by atoms with Gasteiger partial charge in [0.05, 0.1) is 14.2 Å². The fourth-order valence-electron chi connectivity index (χ4n) is 2.89. The maximum Gasteiger partial charge on any atom is 0.225 e. The topological polar surface area (TPSA) is 47.6 Å². The van der Waals surface area contributed by atoms with E-state index in [0.717, 1.165) is 5.56 Å². The van der Waals surface area contributed by atoms with Crippen molar-refractivity contribution in [2.75, 3.05) is 19.5 Å². The molecule has 0 bridgehead atoms. The van der Waals surface area contributed by atoms with E-state index in [-0.39, 0.29) is 12.3 Å². The van der Waals surface area contributed by atoms with E-state index >= 15 is 0 Å². The zero-order valence-electron chi connectivity index (χ0n) is 12.7. The van der Waals surface area contributed by atoms with Gasteiger partial charge in [0.1, 0.15) is 5.82 Å². The third-order valence-corrected chi connectivity index (χ3v) is 4.27. The van der Waals surface area contributed by atoms with Gasteiger partial charge in [-0.25, -0.2) is 4.39 Å². The van der Waals surface area contributed by atoms with Gasteiger partial charge in [-0.05, 0) is 23.8 Å². The highest BCUT2D eigenvalue weighted by Gasteiger charge is 2.31. The third-order valence-electron chi connectivity index (χ3n) is 3.94. The standard InChI is InChI=1S/C17H15ClFNO3/c1-22-14-6-9-10(17-11(18)4-3-5-12(17)19)7-16(21)20-13(9)8-15(14)23-2/h3-6,8,10H,7H2,1-2H3,(H,20,21). The van der Waals surface area contributed by atoms with Gasteiger partial charge in [-0.15, -0.1) is 0 Å². The first kappa shape index (κ1) is 15.6. The van der Waals surface area contributed by atoms with Crippen molar-refractivity contribution in [3.63, 3.8) is 0 Å². The predicted octanol–water partition coefficient (Wildman–Crippen LogP) is 3.97. The molecule has 1 heterocycles. The second-order valence-electron chi connectivity index (χ2n) is 5.23. The molecule has 0 saturated heterocycles. The fraction of sp³-hybridized carbons (Fsp3) is 0.235. The molecule has 120 valence electrons. The lowest BCUT2D eigenvalue weighted by molar-refractivity contribution is -0.116. The lowest BCUT2D eigenvalue weighted by atomic mass is 9.84. The van der Waals surface area contributed by atoms with Crippen LogP contribution in [0.15, 0.2) is 30.3 Å². The van der Waals surface area contributed by atoms with Gasteiger partial charge in [0, 0.05) is 34.7 Å². The molecular weight excluding hydrogens is 321 g/mol. The minimum atomic E-state index is -0.479. The van der Waals surface area contributed by atoms with Crippen molar-refractivity contribution in [2.24, 2.45) is 0 Å². The largest absolute Gasteiger partial charge is 0.493 e. The Balaban J connectivity index is 2.20. The first-order chi connectivity index (χ1) is 11.0. The number of carbonyl (C=O) groups excluding carboxylic acids is 1. The number of ether oxygens (including phenoxy) is 2. The Kier molecular flexibility index (Phi) is 4.13. The van der Waals surface area contributed by atoms with E-state index in [4.69, 9.17) is 21.1 Å². The van der Waals surface area contributed by atoms with Crippen molar-refractivity contribution >= 4 is 23.2 Å². The average molecular weight is 336 g/mol. The van der Waals surface area contributed by atoms with Gasteiger partial charge < -0.3 is 14.8 Å². The Morgan fingerprint density at radius 2 is 1.91 bits per heavy atom. The van der Waals surface area contributed by atoms with E-state index < -0.39 is 11.7 Å². The minimum Gasteiger partial charge on any atom is -0.493 e. The SMILES string of the molecule is COc1cc2c(cc1OC)C(c1c(F)cccc1Cl)CC(=O)N2. The van der Waals surface area contributed by atoms with Gasteiger partial charge in [-0.3, -0.25) is 4.79 Å². The molecule has 0 aromatic heterocycles. The number of methoxy groups -OCH3 is 2. The van der Waals surface area contributed by atoms with Crippen LogP contribution in [0.4, 0.5) is 10.1 Å². The number of benzene rings is 2. The molecule has 0 aliphatic carbocycles. The van der Waals surface area contributed by atoms with Crippen molar-refractivity contribution in [2.45, 2.75) is 12.3 Å². The molecule has 1 aliphatic heterocycles. The van der Waals surface area contributed by atoms with E-state index in [1.165, 1.54) is 20.3 Å². The molecule has 2 aromatic rings. The fourth-order valence-corrected chi connectivity index (χ4v) is 3.18. The van der Waals surface area contributed by atoms with Crippen LogP contribution in [0.2, 0.25) is 5.02 Å². The van der Waals surface area contributed by atoms with E-state index in [1.807, 2.05) is 0 Å². The zero-order chi connectivity index (χ0) is 16.6. The van der Waals surface area contributed by atoms with Crippen molar-refractivity contribution < 1.29 is 18.7 Å². The highest BCUT2D eigenvalue weighted by Crippen LogP contribution is 2.45. The summed E-state index contributed by atoms with van der Waals surface area (Å²) in [6.07, 6.45) is 0.114. The van der Waals surface area contributed by atoms with E-state index in [0.29, 0.717) is 27.8 Å². The van der Waals surface area contributed by atoms with Gasteiger partial charge in [-0.1, -0.05) is 17.7 Å². The van der Waals surface area contributed by atoms with Crippen LogP contribution in [0.3, 0.4) is 0 Å². The Hall–Kier alpha value is -2.27. The van der Waals surface area contributed by atoms with Crippen LogP contribution in [0.5, 0.6) is 11.5 Å². The number of hydrogen-bond acceptors (Lipinski definition) is 3. The van der Waals surface area contributed by atoms with E-state index in [2.05, 4.69) is 5.32 Å². The molecule has 1 amide bonds. The summed E-state index contributed by atoms with van der Waals surface area (Å²) in [6, 6.07) is 7.93. The molecule has 0 saturated carbocycles. The van der Waals surface area contributed by atoms with E-state index in [1.54, 1.807) is 24.3 Å². The molecule has 6 heteroatoms. The summed E-state index contributed by atoms with van der Waals surface area (Å²) in [7, 11) is 3.04. The van der Waals surface area contributed by atoms with Crippen LogP contribution in [0.25, 0.3) is 0 Å². The highest BCUT2D eigenvalue weighted by atomic mass is 35.5. The molecule has 1 atom stereocenters. The molecule has 4 nitrogen and oxygen atoms in total. The van der Waals surface area contributed by atoms with Gasteiger partial charge in [0.15, 0.2) is 11.5 Å². The van der Waals surface area contributed by atoms with Gasteiger partial charge in [0.2, 0.25) is 5.91 Å². The number of carbonyl (C=O) groups is 1. The lowest BCUT2D eigenvalue weighted by Crippen LogP contribution is -2.24. The molecular formula is C17H15ClFNO3. The number of amides is 1. The molecule has 1 aliphatic rings. The third kappa shape index (κ3) is 2.72. The highest BCUT2D eigenvalue weighted by molar-refractivity contribution is 6.31. The molecule has 1 unspecified atom stereocenters. The van der Waals surface area contributed by atoms with E-state index in [9.17, 15) is 9.18 Å². The summed E-state index contributed by atoms with van der Waals surface area (Å²) in [5, 5.41) is 3.08. The molecule has 0 fully saturated rings. The van der Waals surface area contributed by atoms with Crippen LogP contribution >= 0.6 is 11.6 Å². The van der Waals surface area contributed by atoms with Crippen LogP contribution < -0.4 is 14.8 Å². The van der Waals surface area contributed by atoms with Gasteiger partial charge in [-0.2, -0.15) is 0 Å². The Labute approximate surface area is 138 Å². The first-order valence-electron chi connectivity index (χ1n) is 7.04. The Morgan fingerprint density at radius 1 is 1.22 bits per heavy atom. The van der Waals surface area contributed by atoms with Crippen LogP contribution in [0.1, 0.15) is 23.5 Å². The second-order valence-corrected chi connectivity index (χ2v) is 5.64.